The van der Waals surface area contributed by atoms with Crippen LogP contribution in [-0.2, 0) is 23.7 Å². The number of hydrogen-bond donors (Lipinski definition) is 0. The Morgan fingerprint density at radius 3 is 1.95 bits per heavy atom. The molecule has 0 amide bonds. The molecule has 0 aromatic heterocycles. The third-order valence-electron chi connectivity index (χ3n) is 5.73. The van der Waals surface area contributed by atoms with Gasteiger partial charge in [-0.1, -0.05) is 54.6 Å². The summed E-state index contributed by atoms with van der Waals surface area (Å²) in [5.74, 6) is -1.08. The van der Waals surface area contributed by atoms with Gasteiger partial charge in [-0.2, -0.15) is 0 Å². The molecular formula is C28H25FO8S. The zero-order valence-corrected chi connectivity index (χ0v) is 21.2. The Morgan fingerprint density at radius 1 is 0.842 bits per heavy atom. The van der Waals surface area contributed by atoms with Crippen LogP contribution >= 0.6 is 12.2 Å². The number of rotatable bonds is 9. The smallest absolute Gasteiger partial charge is 0.357 e. The molecule has 0 radical (unpaired) electrons. The lowest BCUT2D eigenvalue weighted by molar-refractivity contribution is -0.195. The van der Waals surface area contributed by atoms with Gasteiger partial charge in [0.1, 0.15) is 19.0 Å². The van der Waals surface area contributed by atoms with E-state index in [1.54, 1.807) is 78.9 Å². The predicted octanol–water partition coefficient (Wildman–Crippen LogP) is 4.53. The molecule has 0 aliphatic carbocycles. The predicted molar refractivity (Wildman–Crippen MR) is 137 cm³/mol. The minimum absolute atomic E-state index is 0.194. The summed E-state index contributed by atoms with van der Waals surface area (Å²) in [5, 5.41) is -0.294. The molecule has 4 atom stereocenters. The van der Waals surface area contributed by atoms with Gasteiger partial charge >= 0.3 is 17.2 Å². The second-order valence-electron chi connectivity index (χ2n) is 8.32. The maximum Gasteiger partial charge on any atom is 0.357 e. The maximum absolute atomic E-state index is 15.6. The van der Waals surface area contributed by atoms with Crippen LogP contribution in [-0.4, -0.2) is 61.7 Å². The van der Waals surface area contributed by atoms with Crippen LogP contribution in [0.4, 0.5) is 4.39 Å². The topological polar surface area (TPSA) is 89.5 Å². The Hall–Kier alpha value is -3.86. The molecule has 4 rings (SSSR count). The van der Waals surface area contributed by atoms with Crippen molar-refractivity contribution >= 4 is 29.4 Å². The molecule has 1 aliphatic heterocycles. The largest absolute Gasteiger partial charge is 0.459 e. The number of ether oxygens (including phenoxy) is 6. The van der Waals surface area contributed by atoms with Crippen LogP contribution in [0, 0.1) is 0 Å². The van der Waals surface area contributed by atoms with Crippen molar-refractivity contribution in [3.63, 3.8) is 0 Å². The van der Waals surface area contributed by atoms with Gasteiger partial charge in [-0.05, 0) is 36.4 Å². The summed E-state index contributed by atoms with van der Waals surface area (Å²) in [6.45, 7) is -1.02. The van der Waals surface area contributed by atoms with Crippen LogP contribution in [0.3, 0.4) is 0 Å². The number of hydrogen-bond acceptors (Lipinski definition) is 9. The molecule has 0 spiro atoms. The Balaban J connectivity index is 1.58. The zero-order valence-electron chi connectivity index (χ0n) is 20.4. The van der Waals surface area contributed by atoms with Crippen LogP contribution in [0.5, 0.6) is 5.75 Å². The maximum atomic E-state index is 15.6. The van der Waals surface area contributed by atoms with E-state index in [2.05, 4.69) is 0 Å². The van der Waals surface area contributed by atoms with Crippen molar-refractivity contribution in [2.75, 3.05) is 20.3 Å². The molecule has 8 nitrogen and oxygen atoms in total. The molecule has 198 valence electrons. The molecule has 0 bridgehead atoms. The van der Waals surface area contributed by atoms with Crippen LogP contribution in [0.2, 0.25) is 0 Å². The number of halogens is 1. The minimum atomic E-state index is -1.93. The van der Waals surface area contributed by atoms with Crippen LogP contribution < -0.4 is 4.74 Å². The number of methoxy groups -OCH3 is 1. The van der Waals surface area contributed by atoms with Gasteiger partial charge in [0.05, 0.1) is 11.1 Å². The fourth-order valence-corrected chi connectivity index (χ4v) is 3.97. The van der Waals surface area contributed by atoms with E-state index < -0.39 is 49.3 Å². The first-order valence-electron chi connectivity index (χ1n) is 11.6. The molecular weight excluding hydrogens is 515 g/mol. The molecule has 0 unspecified atom stereocenters. The van der Waals surface area contributed by atoms with E-state index in [-0.39, 0.29) is 16.4 Å². The summed E-state index contributed by atoms with van der Waals surface area (Å²) < 4.78 is 48.7. The monoisotopic (exact) mass is 540 g/mol. The van der Waals surface area contributed by atoms with Crippen molar-refractivity contribution in [1.29, 1.82) is 0 Å². The SMILES string of the molecule is CO[C@@H]1O[C@@](COC(=O)c2ccccc2)(COC(=S)Oc2ccccc2)[C@@H](OC(=O)c2ccccc2)[C@@H]1F. The number of carbonyl (C=O) groups is 2. The normalized spacial score (nSPS) is 22.3. The Morgan fingerprint density at radius 2 is 1.37 bits per heavy atom. The number of benzene rings is 3. The van der Waals surface area contributed by atoms with Crippen molar-refractivity contribution in [2.45, 2.75) is 24.2 Å². The van der Waals surface area contributed by atoms with Crippen molar-refractivity contribution in [3.05, 3.63) is 102 Å². The average molecular weight is 541 g/mol. The molecule has 0 N–H and O–H groups in total. The molecule has 10 heteroatoms. The molecule has 1 aliphatic rings. The van der Waals surface area contributed by atoms with Gasteiger partial charge < -0.3 is 28.4 Å². The van der Waals surface area contributed by atoms with E-state index in [1.807, 2.05) is 0 Å². The lowest BCUT2D eigenvalue weighted by Gasteiger charge is -2.32. The lowest BCUT2D eigenvalue weighted by Crippen LogP contribution is -2.53. The number of carbonyl (C=O) groups excluding carboxylic acids is 2. The van der Waals surface area contributed by atoms with Gasteiger partial charge in [-0.3, -0.25) is 0 Å². The summed E-state index contributed by atoms with van der Waals surface area (Å²) in [7, 11) is 1.24. The Kier molecular flexibility index (Phi) is 9.01. The number of para-hydroxylation sites is 1. The van der Waals surface area contributed by atoms with Crippen LogP contribution in [0.1, 0.15) is 20.7 Å². The lowest BCUT2D eigenvalue weighted by atomic mass is 9.97. The average Bonchev–Trinajstić information content (AvgIpc) is 3.22. The van der Waals surface area contributed by atoms with Crippen molar-refractivity contribution < 1.29 is 42.4 Å². The number of thiocarbonyl (C=S) groups is 1. The number of alkyl halides is 1. The first kappa shape index (κ1) is 27.2. The van der Waals surface area contributed by atoms with E-state index in [9.17, 15) is 9.59 Å². The van der Waals surface area contributed by atoms with Gasteiger partial charge in [0.2, 0.25) is 0 Å². The van der Waals surface area contributed by atoms with Crippen LogP contribution in [0.25, 0.3) is 0 Å². The molecule has 0 saturated carbocycles. The molecule has 3 aromatic rings. The number of esters is 2. The highest BCUT2D eigenvalue weighted by Crippen LogP contribution is 2.37. The highest BCUT2D eigenvalue weighted by Gasteiger charge is 2.60. The minimum Gasteiger partial charge on any atom is -0.459 e. The Labute approximate surface area is 224 Å². The van der Waals surface area contributed by atoms with E-state index in [0.717, 1.165) is 0 Å². The summed E-state index contributed by atoms with van der Waals surface area (Å²) in [6.07, 6.45) is -4.95. The van der Waals surface area contributed by atoms with Gasteiger partial charge in [-0.15, -0.1) is 0 Å². The van der Waals surface area contributed by atoms with Crippen molar-refractivity contribution in [1.82, 2.24) is 0 Å². The van der Waals surface area contributed by atoms with Gasteiger partial charge in [-0.25, -0.2) is 14.0 Å². The molecule has 1 heterocycles. The summed E-state index contributed by atoms with van der Waals surface area (Å²) >= 11 is 5.18. The quantitative estimate of drug-likeness (QED) is 0.287. The molecule has 1 saturated heterocycles. The van der Waals surface area contributed by atoms with E-state index >= 15 is 4.39 Å². The third-order valence-corrected chi connectivity index (χ3v) is 5.93. The van der Waals surface area contributed by atoms with Gasteiger partial charge in [0.15, 0.2) is 24.2 Å². The second-order valence-corrected chi connectivity index (χ2v) is 8.65. The summed E-state index contributed by atoms with van der Waals surface area (Å²) in [4.78, 5) is 25.6. The standard InChI is InChI=1S/C28H25FO8S/c1-32-26-22(29)23(36-25(31)20-13-7-3-8-14-20)28(37-26,17-33-24(30)19-11-5-2-6-12-19)18-34-27(38)35-21-15-9-4-10-16-21/h2-16,22-23,26H,17-18H2,1H3/t22-,23-,26+,28-/m0/s1. The molecule has 38 heavy (non-hydrogen) atoms. The van der Waals surface area contributed by atoms with Crippen LogP contribution in [0.15, 0.2) is 91.0 Å². The second kappa shape index (κ2) is 12.6. The molecule has 3 aromatic carbocycles. The fraction of sp³-hybridized carbons (Fsp3) is 0.250. The van der Waals surface area contributed by atoms with E-state index in [1.165, 1.54) is 19.2 Å². The third kappa shape index (κ3) is 6.52. The Bertz CT molecular complexity index is 1230. The summed E-state index contributed by atoms with van der Waals surface area (Å²) in [5.41, 5.74) is -1.36. The first-order valence-corrected chi connectivity index (χ1v) is 12.1. The van der Waals surface area contributed by atoms with Crippen molar-refractivity contribution in [2.24, 2.45) is 0 Å². The molecule has 1 fully saturated rings. The van der Waals surface area contributed by atoms with Crippen molar-refractivity contribution in [3.8, 4) is 5.75 Å². The highest BCUT2D eigenvalue weighted by atomic mass is 32.1. The first-order chi connectivity index (χ1) is 18.4. The van der Waals surface area contributed by atoms with Gasteiger partial charge in [0.25, 0.3) is 0 Å². The fourth-order valence-electron chi connectivity index (χ4n) is 3.82. The zero-order chi connectivity index (χ0) is 27.0. The van der Waals surface area contributed by atoms with E-state index in [4.69, 9.17) is 40.6 Å². The summed E-state index contributed by atoms with van der Waals surface area (Å²) in [6, 6.07) is 24.9. The highest BCUT2D eigenvalue weighted by molar-refractivity contribution is 7.79. The van der Waals surface area contributed by atoms with Gasteiger partial charge in [0, 0.05) is 19.3 Å². The van der Waals surface area contributed by atoms with E-state index in [0.29, 0.717) is 5.75 Å².